The molecule has 1 aromatic heterocycles. The van der Waals surface area contributed by atoms with Crippen LogP contribution in [0.25, 0.3) is 0 Å². The molecule has 1 N–H and O–H groups in total. The van der Waals surface area contributed by atoms with Crippen LogP contribution in [-0.4, -0.2) is 15.9 Å². The Kier molecular flexibility index (Phi) is 3.19. The second-order valence-electron chi connectivity index (χ2n) is 3.78. The second-order valence-corrected chi connectivity index (χ2v) is 3.78. The van der Waals surface area contributed by atoms with Gasteiger partial charge in [0, 0.05) is 18.0 Å². The largest absolute Gasteiger partial charge is 0.507 e. The molecule has 0 amide bonds. The van der Waals surface area contributed by atoms with E-state index in [1.54, 1.807) is 30.5 Å². The number of benzene rings is 1. The summed E-state index contributed by atoms with van der Waals surface area (Å²) in [5, 5.41) is 9.72. The summed E-state index contributed by atoms with van der Waals surface area (Å²) >= 11 is 0. The van der Waals surface area contributed by atoms with Crippen LogP contribution in [0, 0.1) is 0 Å². The number of aromatic nitrogens is 1. The summed E-state index contributed by atoms with van der Waals surface area (Å²) in [5.74, 6) is -0.193. The number of aromatic hydroxyl groups is 1. The Balaban J connectivity index is 2.44. The van der Waals surface area contributed by atoms with Gasteiger partial charge in [0.25, 0.3) is 0 Å². The van der Waals surface area contributed by atoms with E-state index in [9.17, 15) is 9.90 Å². The number of hydrogen-bond acceptors (Lipinski definition) is 3. The van der Waals surface area contributed by atoms with Crippen molar-refractivity contribution in [1.82, 2.24) is 4.98 Å². The Morgan fingerprint density at radius 2 is 2.18 bits per heavy atom. The Morgan fingerprint density at radius 1 is 1.35 bits per heavy atom. The van der Waals surface area contributed by atoms with Crippen molar-refractivity contribution in [1.29, 1.82) is 0 Å². The molecule has 3 heteroatoms. The highest BCUT2D eigenvalue weighted by Gasteiger charge is 2.13. The molecule has 0 radical (unpaired) electrons. The molecule has 0 aliphatic rings. The summed E-state index contributed by atoms with van der Waals surface area (Å²) in [5.41, 5.74) is 1.84. The Bertz CT molecular complexity index is 535. The molecule has 0 unspecified atom stereocenters. The minimum absolute atomic E-state index is 0.0102. The van der Waals surface area contributed by atoms with E-state index in [1.807, 2.05) is 13.0 Å². The fraction of sp³-hybridized carbons (Fsp3) is 0.143. The van der Waals surface area contributed by atoms with Gasteiger partial charge in [-0.1, -0.05) is 13.0 Å². The Morgan fingerprint density at radius 3 is 2.82 bits per heavy atom. The highest BCUT2D eigenvalue weighted by Crippen LogP contribution is 2.21. The van der Waals surface area contributed by atoms with E-state index in [0.717, 1.165) is 12.0 Å². The summed E-state index contributed by atoms with van der Waals surface area (Å²) in [7, 11) is 0. The number of carbonyl (C=O) groups is 1. The first kappa shape index (κ1) is 11.3. The van der Waals surface area contributed by atoms with Gasteiger partial charge in [0.2, 0.25) is 0 Å². The van der Waals surface area contributed by atoms with Gasteiger partial charge in [-0.05, 0) is 36.2 Å². The summed E-state index contributed by atoms with van der Waals surface area (Å²) in [6.07, 6.45) is 3.94. The van der Waals surface area contributed by atoms with Crippen LogP contribution < -0.4 is 0 Å². The molecule has 0 aliphatic carbocycles. The average Bonchev–Trinajstić information content (AvgIpc) is 2.39. The molecular formula is C14H13NO2. The molecule has 0 saturated heterocycles. The van der Waals surface area contributed by atoms with Crippen LogP contribution in [0.3, 0.4) is 0 Å². The van der Waals surface area contributed by atoms with Gasteiger partial charge < -0.3 is 5.11 Å². The van der Waals surface area contributed by atoms with E-state index in [0.29, 0.717) is 11.1 Å². The first-order chi connectivity index (χ1) is 8.22. The molecule has 1 aromatic carbocycles. The zero-order chi connectivity index (χ0) is 12.3. The van der Waals surface area contributed by atoms with Crippen molar-refractivity contribution in [2.45, 2.75) is 13.3 Å². The smallest absolute Gasteiger partial charge is 0.198 e. The molecule has 0 bridgehead atoms. The highest BCUT2D eigenvalue weighted by atomic mass is 16.3. The minimum atomic E-state index is -0.203. The van der Waals surface area contributed by atoms with Crippen molar-refractivity contribution in [2.75, 3.05) is 0 Å². The van der Waals surface area contributed by atoms with Crippen LogP contribution in [0.5, 0.6) is 5.75 Å². The van der Waals surface area contributed by atoms with E-state index in [1.165, 1.54) is 6.20 Å². The number of ketones is 1. The van der Waals surface area contributed by atoms with Crippen molar-refractivity contribution in [3.63, 3.8) is 0 Å². The fourth-order valence-electron chi connectivity index (χ4n) is 1.64. The molecule has 86 valence electrons. The zero-order valence-corrected chi connectivity index (χ0v) is 9.55. The standard InChI is InChI=1S/C14H13NO2/c1-2-10-5-6-13(16)12(8-10)14(17)11-4-3-7-15-9-11/h3-9,16H,2H2,1H3. The highest BCUT2D eigenvalue weighted by molar-refractivity contribution is 6.10. The molecule has 2 aromatic rings. The molecule has 0 spiro atoms. The van der Waals surface area contributed by atoms with Crippen molar-refractivity contribution in [3.05, 3.63) is 59.4 Å². The van der Waals surface area contributed by atoms with E-state index in [-0.39, 0.29) is 11.5 Å². The van der Waals surface area contributed by atoms with Crippen molar-refractivity contribution in [2.24, 2.45) is 0 Å². The second kappa shape index (κ2) is 4.78. The molecule has 0 saturated carbocycles. The number of aryl methyl sites for hydroxylation is 1. The zero-order valence-electron chi connectivity index (χ0n) is 9.55. The van der Waals surface area contributed by atoms with Gasteiger partial charge in [-0.15, -0.1) is 0 Å². The SMILES string of the molecule is CCc1ccc(O)c(C(=O)c2cccnc2)c1. The van der Waals surface area contributed by atoms with Crippen molar-refractivity contribution in [3.8, 4) is 5.75 Å². The third-order valence-corrected chi connectivity index (χ3v) is 2.64. The lowest BCUT2D eigenvalue weighted by Crippen LogP contribution is -2.02. The Hall–Kier alpha value is -2.16. The number of nitrogens with zero attached hydrogens (tertiary/aromatic N) is 1. The maximum absolute atomic E-state index is 12.1. The quantitative estimate of drug-likeness (QED) is 0.820. The summed E-state index contributed by atoms with van der Waals surface area (Å²) in [4.78, 5) is 16.0. The monoisotopic (exact) mass is 227 g/mol. The van der Waals surface area contributed by atoms with Gasteiger partial charge in [0.15, 0.2) is 5.78 Å². The minimum Gasteiger partial charge on any atom is -0.507 e. The summed E-state index contributed by atoms with van der Waals surface area (Å²) in [6, 6.07) is 8.49. The lowest BCUT2D eigenvalue weighted by atomic mass is 10.0. The van der Waals surface area contributed by atoms with Gasteiger partial charge in [0.05, 0.1) is 5.56 Å². The van der Waals surface area contributed by atoms with E-state index < -0.39 is 0 Å². The third kappa shape index (κ3) is 2.33. The fourth-order valence-corrected chi connectivity index (χ4v) is 1.64. The molecule has 0 fully saturated rings. The molecule has 0 atom stereocenters. The number of pyridine rings is 1. The lowest BCUT2D eigenvalue weighted by molar-refractivity contribution is 0.103. The number of rotatable bonds is 3. The predicted molar refractivity (Wildman–Crippen MR) is 65.2 cm³/mol. The topological polar surface area (TPSA) is 50.2 Å². The lowest BCUT2D eigenvalue weighted by Gasteiger charge is -2.05. The molecule has 17 heavy (non-hydrogen) atoms. The molecular weight excluding hydrogens is 214 g/mol. The first-order valence-electron chi connectivity index (χ1n) is 5.49. The van der Waals surface area contributed by atoms with E-state index in [4.69, 9.17) is 0 Å². The number of hydrogen-bond donors (Lipinski definition) is 1. The van der Waals surface area contributed by atoms with Crippen molar-refractivity contribution >= 4 is 5.78 Å². The molecule has 0 aliphatic heterocycles. The number of phenolic OH excluding ortho intramolecular Hbond substituents is 1. The average molecular weight is 227 g/mol. The van der Waals surface area contributed by atoms with Gasteiger partial charge >= 0.3 is 0 Å². The van der Waals surface area contributed by atoms with Gasteiger partial charge in [-0.2, -0.15) is 0 Å². The van der Waals surface area contributed by atoms with Crippen molar-refractivity contribution < 1.29 is 9.90 Å². The van der Waals surface area contributed by atoms with Crippen LogP contribution in [0.1, 0.15) is 28.4 Å². The Labute approximate surface area is 99.8 Å². The molecule has 2 rings (SSSR count). The maximum Gasteiger partial charge on any atom is 0.198 e. The van der Waals surface area contributed by atoms with E-state index >= 15 is 0 Å². The number of carbonyl (C=O) groups excluding carboxylic acids is 1. The maximum atomic E-state index is 12.1. The summed E-state index contributed by atoms with van der Waals surface area (Å²) in [6.45, 7) is 2.00. The predicted octanol–water partition coefficient (Wildman–Crippen LogP) is 2.58. The van der Waals surface area contributed by atoms with Crippen LogP contribution in [0.4, 0.5) is 0 Å². The summed E-state index contributed by atoms with van der Waals surface area (Å²) < 4.78 is 0. The van der Waals surface area contributed by atoms with Gasteiger partial charge in [-0.3, -0.25) is 9.78 Å². The van der Waals surface area contributed by atoms with Crippen LogP contribution in [-0.2, 0) is 6.42 Å². The van der Waals surface area contributed by atoms with Gasteiger partial charge in [-0.25, -0.2) is 0 Å². The number of phenols is 1. The molecule has 1 heterocycles. The molecule has 3 nitrogen and oxygen atoms in total. The normalized spacial score (nSPS) is 10.2. The van der Waals surface area contributed by atoms with Crippen LogP contribution >= 0.6 is 0 Å². The van der Waals surface area contributed by atoms with E-state index in [2.05, 4.69) is 4.98 Å². The third-order valence-electron chi connectivity index (χ3n) is 2.64. The van der Waals surface area contributed by atoms with Crippen LogP contribution in [0.15, 0.2) is 42.7 Å². The first-order valence-corrected chi connectivity index (χ1v) is 5.49. The van der Waals surface area contributed by atoms with Crippen LogP contribution in [0.2, 0.25) is 0 Å². The van der Waals surface area contributed by atoms with Gasteiger partial charge in [0.1, 0.15) is 5.75 Å².